The number of nitrogens with one attached hydrogen (secondary N) is 1. The Morgan fingerprint density at radius 2 is 1.93 bits per heavy atom. The fourth-order valence-electron chi connectivity index (χ4n) is 0.833. The molecule has 0 aromatic rings. The number of rotatable bonds is 0. The Kier molecular flexibility index (Phi) is 5.47. The Morgan fingerprint density at radius 1 is 1.43 bits per heavy atom. The number of piperidine rings is 1. The van der Waals surface area contributed by atoms with Crippen LogP contribution in [-0.4, -0.2) is 41.6 Å². The van der Waals surface area contributed by atoms with Crippen LogP contribution in [0.5, 0.6) is 0 Å². The van der Waals surface area contributed by atoms with Crippen LogP contribution in [-0.2, 0) is 4.79 Å². The molecule has 1 aliphatic rings. The molecule has 7 heteroatoms. The van der Waals surface area contributed by atoms with E-state index in [2.05, 4.69) is 5.32 Å². The molecule has 0 aromatic heterocycles. The highest BCUT2D eigenvalue weighted by Crippen LogP contribution is 2.13. The molecule has 0 spiro atoms. The maximum absolute atomic E-state index is 10.6. The molecule has 1 aliphatic heterocycles. The summed E-state index contributed by atoms with van der Waals surface area (Å²) in [4.78, 5) is 8.90. The van der Waals surface area contributed by atoms with Crippen LogP contribution in [0.3, 0.4) is 0 Å². The smallest absolute Gasteiger partial charge is 0.475 e. The number of carbonyl (C=O) groups is 1. The highest BCUT2D eigenvalue weighted by molar-refractivity contribution is 5.73. The standard InChI is InChI=1S/C5H11NO.C2HF3O2/c7-5-2-1-3-6-4-5;3-2(4,5)1(6)7/h5-7H,1-4H2;(H,6,7). The summed E-state index contributed by atoms with van der Waals surface area (Å²) in [6, 6.07) is 0. The van der Waals surface area contributed by atoms with Gasteiger partial charge in [0.05, 0.1) is 6.10 Å². The van der Waals surface area contributed by atoms with Gasteiger partial charge in [0.15, 0.2) is 0 Å². The quantitative estimate of drug-likeness (QED) is 0.545. The molecule has 0 saturated carbocycles. The molecule has 0 aromatic carbocycles. The van der Waals surface area contributed by atoms with Crippen molar-refractivity contribution in [2.75, 3.05) is 13.1 Å². The molecule has 4 nitrogen and oxygen atoms in total. The third-order valence-electron chi connectivity index (χ3n) is 1.51. The van der Waals surface area contributed by atoms with E-state index in [1.165, 1.54) is 0 Å². The van der Waals surface area contributed by atoms with Crippen LogP contribution in [0, 0.1) is 0 Å². The van der Waals surface area contributed by atoms with Gasteiger partial charge in [0.1, 0.15) is 0 Å². The Labute approximate surface area is 78.7 Å². The van der Waals surface area contributed by atoms with Crippen molar-refractivity contribution in [3.05, 3.63) is 0 Å². The van der Waals surface area contributed by atoms with Crippen molar-refractivity contribution in [2.45, 2.75) is 25.1 Å². The number of halogens is 3. The van der Waals surface area contributed by atoms with Crippen molar-refractivity contribution < 1.29 is 28.2 Å². The van der Waals surface area contributed by atoms with Crippen LogP contribution in [0.15, 0.2) is 0 Å². The van der Waals surface area contributed by atoms with Gasteiger partial charge in [0, 0.05) is 6.54 Å². The fourth-order valence-corrected chi connectivity index (χ4v) is 0.833. The number of carboxylic acid groups (broad SMARTS) is 1. The monoisotopic (exact) mass is 215 g/mol. The first kappa shape index (κ1) is 13.2. The molecule has 0 aliphatic carbocycles. The minimum atomic E-state index is -5.08. The second-order valence-corrected chi connectivity index (χ2v) is 2.80. The second-order valence-electron chi connectivity index (χ2n) is 2.80. The average molecular weight is 215 g/mol. The van der Waals surface area contributed by atoms with Gasteiger partial charge in [-0.1, -0.05) is 0 Å². The lowest BCUT2D eigenvalue weighted by Gasteiger charge is -2.16. The maximum atomic E-state index is 10.6. The first-order valence-corrected chi connectivity index (χ1v) is 4.03. The lowest BCUT2D eigenvalue weighted by molar-refractivity contribution is -0.192. The van der Waals surface area contributed by atoms with Crippen molar-refractivity contribution in [1.29, 1.82) is 0 Å². The zero-order valence-electron chi connectivity index (χ0n) is 7.34. The van der Waals surface area contributed by atoms with Crippen LogP contribution in [0.1, 0.15) is 12.8 Å². The number of β-amino-alcohol motifs (C(OH)–C–C–N with tert-alkyl or cyclic N) is 1. The predicted octanol–water partition coefficient (Wildman–Crippen LogP) is 0.364. The normalized spacial score (nSPS) is 22.1. The van der Waals surface area contributed by atoms with Gasteiger partial charge >= 0.3 is 12.1 Å². The zero-order chi connectivity index (χ0) is 11.2. The van der Waals surface area contributed by atoms with Crippen molar-refractivity contribution in [2.24, 2.45) is 0 Å². The van der Waals surface area contributed by atoms with Crippen LogP contribution in [0.2, 0.25) is 0 Å². The molecule has 1 fully saturated rings. The van der Waals surface area contributed by atoms with Crippen LogP contribution in [0.25, 0.3) is 0 Å². The van der Waals surface area contributed by atoms with E-state index >= 15 is 0 Å². The minimum Gasteiger partial charge on any atom is -0.475 e. The van der Waals surface area contributed by atoms with Crippen molar-refractivity contribution in [3.8, 4) is 0 Å². The van der Waals surface area contributed by atoms with E-state index in [9.17, 15) is 13.2 Å². The SMILES string of the molecule is O=C(O)C(F)(F)F.OC1CCCNC1. The van der Waals surface area contributed by atoms with E-state index in [0.717, 1.165) is 25.9 Å². The third kappa shape index (κ3) is 6.67. The predicted molar refractivity (Wildman–Crippen MR) is 41.8 cm³/mol. The molecule has 1 rings (SSSR count). The second kappa shape index (κ2) is 5.82. The molecule has 1 saturated heterocycles. The zero-order valence-corrected chi connectivity index (χ0v) is 7.34. The first-order chi connectivity index (χ1) is 6.34. The average Bonchev–Trinajstić information content (AvgIpc) is 2.04. The number of aliphatic carboxylic acids is 1. The molecule has 84 valence electrons. The molecular weight excluding hydrogens is 203 g/mol. The summed E-state index contributed by atoms with van der Waals surface area (Å²) in [7, 11) is 0. The van der Waals surface area contributed by atoms with Gasteiger partial charge in [0.2, 0.25) is 0 Å². The summed E-state index contributed by atoms with van der Waals surface area (Å²) in [6.45, 7) is 1.87. The molecule has 0 amide bonds. The van der Waals surface area contributed by atoms with E-state index in [4.69, 9.17) is 15.0 Å². The molecule has 3 N–H and O–H groups in total. The number of alkyl halides is 3. The van der Waals surface area contributed by atoms with Crippen LogP contribution < -0.4 is 5.32 Å². The van der Waals surface area contributed by atoms with Crippen LogP contribution in [0.4, 0.5) is 13.2 Å². The lowest BCUT2D eigenvalue weighted by atomic mass is 10.1. The number of carboxylic acids is 1. The highest BCUT2D eigenvalue weighted by Gasteiger charge is 2.38. The van der Waals surface area contributed by atoms with Gasteiger partial charge in [-0.05, 0) is 19.4 Å². The minimum absolute atomic E-state index is 0.0752. The number of hydrogen-bond acceptors (Lipinski definition) is 3. The van der Waals surface area contributed by atoms with Crippen molar-refractivity contribution in [3.63, 3.8) is 0 Å². The summed E-state index contributed by atoms with van der Waals surface area (Å²) in [5.41, 5.74) is 0. The topological polar surface area (TPSA) is 69.6 Å². The molecule has 1 heterocycles. The third-order valence-corrected chi connectivity index (χ3v) is 1.51. The van der Waals surface area contributed by atoms with E-state index in [0.29, 0.717) is 0 Å². The summed E-state index contributed by atoms with van der Waals surface area (Å²) in [6.07, 6.45) is -3.05. The maximum Gasteiger partial charge on any atom is 0.490 e. The van der Waals surface area contributed by atoms with E-state index in [1.54, 1.807) is 0 Å². The van der Waals surface area contributed by atoms with Gasteiger partial charge in [-0.15, -0.1) is 0 Å². The van der Waals surface area contributed by atoms with Gasteiger partial charge in [-0.2, -0.15) is 13.2 Å². The summed E-state index contributed by atoms with van der Waals surface area (Å²) >= 11 is 0. The molecule has 1 atom stereocenters. The Balaban J connectivity index is 0.000000241. The molecule has 0 radical (unpaired) electrons. The number of hydrogen-bond donors (Lipinski definition) is 3. The summed E-state index contributed by atoms with van der Waals surface area (Å²) in [5.74, 6) is -2.76. The van der Waals surface area contributed by atoms with E-state index < -0.39 is 12.1 Å². The fraction of sp³-hybridized carbons (Fsp3) is 0.857. The van der Waals surface area contributed by atoms with Gasteiger partial charge < -0.3 is 15.5 Å². The Hall–Kier alpha value is -0.820. The Bertz CT molecular complexity index is 178. The molecule has 14 heavy (non-hydrogen) atoms. The number of aliphatic hydroxyl groups is 1. The van der Waals surface area contributed by atoms with E-state index in [1.807, 2.05) is 0 Å². The largest absolute Gasteiger partial charge is 0.490 e. The van der Waals surface area contributed by atoms with Gasteiger partial charge in [0.25, 0.3) is 0 Å². The summed E-state index contributed by atoms with van der Waals surface area (Å²) in [5, 5.41) is 19.1. The van der Waals surface area contributed by atoms with Gasteiger partial charge in [-0.25, -0.2) is 4.79 Å². The summed E-state index contributed by atoms with van der Waals surface area (Å²) < 4.78 is 31.7. The van der Waals surface area contributed by atoms with Crippen molar-refractivity contribution >= 4 is 5.97 Å². The van der Waals surface area contributed by atoms with Crippen LogP contribution >= 0.6 is 0 Å². The van der Waals surface area contributed by atoms with Crippen molar-refractivity contribution in [1.82, 2.24) is 5.32 Å². The Morgan fingerprint density at radius 3 is 2.07 bits per heavy atom. The molecule has 1 unspecified atom stereocenters. The highest BCUT2D eigenvalue weighted by atomic mass is 19.4. The lowest BCUT2D eigenvalue weighted by Crippen LogP contribution is -2.33. The molecular formula is C7H12F3NO3. The molecule has 0 bridgehead atoms. The van der Waals surface area contributed by atoms with E-state index in [-0.39, 0.29) is 6.10 Å². The first-order valence-electron chi connectivity index (χ1n) is 4.03. The van der Waals surface area contributed by atoms with Gasteiger partial charge in [-0.3, -0.25) is 0 Å². The number of aliphatic hydroxyl groups excluding tert-OH is 1.